The summed E-state index contributed by atoms with van der Waals surface area (Å²) < 4.78 is 6.55. The van der Waals surface area contributed by atoms with Gasteiger partial charge in [-0.1, -0.05) is 78.9 Å². The summed E-state index contributed by atoms with van der Waals surface area (Å²) in [5.74, 6) is -0.349. The van der Waals surface area contributed by atoms with Gasteiger partial charge in [-0.3, -0.25) is 9.59 Å². The van der Waals surface area contributed by atoms with E-state index in [2.05, 4.69) is 21.3 Å². The van der Waals surface area contributed by atoms with Gasteiger partial charge >= 0.3 is 6.03 Å². The number of ether oxygens (including phenoxy) is 1. The molecule has 0 aliphatic carbocycles. The van der Waals surface area contributed by atoms with Crippen LogP contribution in [0, 0.1) is 0 Å². The van der Waals surface area contributed by atoms with Crippen molar-refractivity contribution < 1.29 is 19.1 Å². The SMILES string of the molecule is O=C(Nc1ccccc1)Nc1ccc(OC(c2ccccc2)c2ccccc2)c(C(=O)NC2CCCCNC2=O)c1. The number of urea groups is 1. The zero-order chi connectivity index (χ0) is 28.4. The first-order valence-corrected chi connectivity index (χ1v) is 13.7. The minimum absolute atomic E-state index is 0.205. The van der Waals surface area contributed by atoms with Crippen LogP contribution in [0.15, 0.2) is 109 Å². The Morgan fingerprint density at radius 1 is 0.756 bits per heavy atom. The van der Waals surface area contributed by atoms with Crippen molar-refractivity contribution >= 4 is 29.2 Å². The Labute approximate surface area is 239 Å². The van der Waals surface area contributed by atoms with Crippen molar-refractivity contribution in [3.63, 3.8) is 0 Å². The Bertz CT molecular complexity index is 1440. The lowest BCUT2D eigenvalue weighted by Crippen LogP contribution is -2.45. The molecule has 1 aliphatic heterocycles. The Morgan fingerprint density at radius 2 is 1.37 bits per heavy atom. The maximum absolute atomic E-state index is 13.7. The highest BCUT2D eigenvalue weighted by Gasteiger charge is 2.26. The lowest BCUT2D eigenvalue weighted by Gasteiger charge is -2.23. The predicted molar refractivity (Wildman–Crippen MR) is 159 cm³/mol. The lowest BCUT2D eigenvalue weighted by atomic mass is 10.0. The third-order valence-corrected chi connectivity index (χ3v) is 6.80. The van der Waals surface area contributed by atoms with Crippen molar-refractivity contribution in [2.75, 3.05) is 17.2 Å². The largest absolute Gasteiger partial charge is 0.480 e. The molecule has 1 fully saturated rings. The van der Waals surface area contributed by atoms with E-state index in [9.17, 15) is 14.4 Å². The smallest absolute Gasteiger partial charge is 0.323 e. The van der Waals surface area contributed by atoms with Gasteiger partial charge in [0.1, 0.15) is 17.9 Å². The number of benzene rings is 4. The molecule has 0 bridgehead atoms. The molecular formula is C33H32N4O4. The average Bonchev–Trinajstić information content (AvgIpc) is 3.21. The molecule has 4 N–H and O–H groups in total. The molecule has 208 valence electrons. The summed E-state index contributed by atoms with van der Waals surface area (Å²) in [6, 6.07) is 32.4. The number of rotatable bonds is 8. The summed E-state index contributed by atoms with van der Waals surface area (Å²) in [5, 5.41) is 11.3. The van der Waals surface area contributed by atoms with Crippen LogP contribution in [0.3, 0.4) is 0 Å². The highest BCUT2D eigenvalue weighted by atomic mass is 16.5. The van der Waals surface area contributed by atoms with Gasteiger partial charge in [0.25, 0.3) is 5.91 Å². The van der Waals surface area contributed by atoms with E-state index in [1.807, 2.05) is 78.9 Å². The standard InChI is InChI=1S/C33H32N4O4/c38-31(37-28-18-10-11-21-34-32(28)39)27-22-26(36-33(40)35-25-16-8-3-9-17-25)19-20-29(27)41-30(23-12-4-1-5-13-23)24-14-6-2-7-15-24/h1-9,12-17,19-20,22,28,30H,10-11,18,21H2,(H,34,39)(H,37,38)(H2,35,36,40). The molecular weight excluding hydrogens is 516 g/mol. The Balaban J connectivity index is 1.45. The van der Waals surface area contributed by atoms with Crippen LogP contribution in [0.25, 0.3) is 0 Å². The van der Waals surface area contributed by atoms with Crippen LogP contribution < -0.4 is 26.0 Å². The van der Waals surface area contributed by atoms with Gasteiger partial charge in [0.2, 0.25) is 5.91 Å². The average molecular weight is 549 g/mol. The fourth-order valence-corrected chi connectivity index (χ4v) is 4.73. The van der Waals surface area contributed by atoms with Crippen LogP contribution in [0.4, 0.5) is 16.2 Å². The van der Waals surface area contributed by atoms with Crippen LogP contribution in [-0.4, -0.2) is 30.4 Å². The van der Waals surface area contributed by atoms with E-state index < -0.39 is 24.1 Å². The molecule has 41 heavy (non-hydrogen) atoms. The summed E-state index contributed by atoms with van der Waals surface area (Å²) in [7, 11) is 0. The van der Waals surface area contributed by atoms with Gasteiger partial charge in [-0.15, -0.1) is 0 Å². The summed E-state index contributed by atoms with van der Waals surface area (Å²) in [6.07, 6.45) is 1.73. The van der Waals surface area contributed by atoms with Gasteiger partial charge in [-0.2, -0.15) is 0 Å². The monoisotopic (exact) mass is 548 g/mol. The third kappa shape index (κ3) is 7.30. The molecule has 1 aliphatic rings. The molecule has 4 aromatic rings. The van der Waals surface area contributed by atoms with Gasteiger partial charge in [-0.05, 0) is 60.7 Å². The molecule has 5 rings (SSSR count). The molecule has 0 aromatic heterocycles. The number of amides is 4. The van der Waals surface area contributed by atoms with E-state index >= 15 is 0 Å². The van der Waals surface area contributed by atoms with E-state index in [-0.39, 0.29) is 11.5 Å². The lowest BCUT2D eigenvalue weighted by molar-refractivity contribution is -0.122. The van der Waals surface area contributed by atoms with Gasteiger partial charge in [0.05, 0.1) is 5.56 Å². The second-order valence-corrected chi connectivity index (χ2v) is 9.79. The Morgan fingerprint density at radius 3 is 2.02 bits per heavy atom. The van der Waals surface area contributed by atoms with Crippen molar-refractivity contribution in [1.29, 1.82) is 0 Å². The number of para-hydroxylation sites is 1. The van der Waals surface area contributed by atoms with E-state index in [0.29, 0.717) is 30.1 Å². The van der Waals surface area contributed by atoms with Crippen molar-refractivity contribution in [2.45, 2.75) is 31.4 Å². The minimum Gasteiger partial charge on any atom is -0.480 e. The van der Waals surface area contributed by atoms with Crippen LogP contribution in [-0.2, 0) is 4.79 Å². The molecule has 4 amide bonds. The molecule has 0 radical (unpaired) electrons. The molecule has 1 saturated heterocycles. The molecule has 0 spiro atoms. The first-order valence-electron chi connectivity index (χ1n) is 13.7. The molecule has 1 atom stereocenters. The highest BCUT2D eigenvalue weighted by Crippen LogP contribution is 2.32. The van der Waals surface area contributed by atoms with Crippen LogP contribution in [0.2, 0.25) is 0 Å². The quantitative estimate of drug-likeness (QED) is 0.220. The molecule has 4 aromatic carbocycles. The number of nitrogens with one attached hydrogen (secondary N) is 4. The van der Waals surface area contributed by atoms with E-state index in [0.717, 1.165) is 24.0 Å². The fourth-order valence-electron chi connectivity index (χ4n) is 4.73. The van der Waals surface area contributed by atoms with E-state index in [1.165, 1.54) is 0 Å². The first kappa shape index (κ1) is 27.5. The minimum atomic E-state index is -0.658. The third-order valence-electron chi connectivity index (χ3n) is 6.80. The Hall–Kier alpha value is -5.11. The van der Waals surface area contributed by atoms with Gasteiger partial charge in [-0.25, -0.2) is 4.79 Å². The van der Waals surface area contributed by atoms with Crippen molar-refractivity contribution in [3.8, 4) is 5.75 Å². The van der Waals surface area contributed by atoms with Crippen LogP contribution >= 0.6 is 0 Å². The number of anilines is 2. The topological polar surface area (TPSA) is 109 Å². The summed E-state index contributed by atoms with van der Waals surface area (Å²) in [5.41, 5.74) is 3.07. The van der Waals surface area contributed by atoms with Crippen LogP contribution in [0.5, 0.6) is 5.75 Å². The summed E-state index contributed by atoms with van der Waals surface area (Å²) in [4.78, 5) is 38.9. The highest BCUT2D eigenvalue weighted by molar-refractivity contribution is 6.03. The fraction of sp³-hybridized carbons (Fsp3) is 0.182. The first-order chi connectivity index (χ1) is 20.1. The van der Waals surface area contributed by atoms with Gasteiger partial charge in [0.15, 0.2) is 0 Å². The van der Waals surface area contributed by atoms with E-state index in [4.69, 9.17) is 4.74 Å². The van der Waals surface area contributed by atoms with Crippen molar-refractivity contribution in [2.24, 2.45) is 0 Å². The number of hydrogen-bond acceptors (Lipinski definition) is 4. The zero-order valence-corrected chi connectivity index (χ0v) is 22.5. The van der Waals surface area contributed by atoms with Gasteiger partial charge in [0, 0.05) is 17.9 Å². The maximum Gasteiger partial charge on any atom is 0.323 e. The zero-order valence-electron chi connectivity index (χ0n) is 22.5. The Kier molecular flexibility index (Phi) is 8.91. The number of hydrogen-bond donors (Lipinski definition) is 4. The molecule has 8 heteroatoms. The number of carbonyl (C=O) groups excluding carboxylic acids is 3. The molecule has 8 nitrogen and oxygen atoms in total. The summed E-state index contributed by atoms with van der Waals surface area (Å²) in [6.45, 7) is 0.589. The van der Waals surface area contributed by atoms with E-state index in [1.54, 1.807) is 30.3 Å². The molecule has 1 heterocycles. The van der Waals surface area contributed by atoms with Gasteiger partial charge < -0.3 is 26.0 Å². The molecule has 0 saturated carbocycles. The number of carbonyl (C=O) groups is 3. The predicted octanol–water partition coefficient (Wildman–Crippen LogP) is 5.90. The summed E-state index contributed by atoms with van der Waals surface area (Å²) >= 11 is 0. The normalized spacial score (nSPS) is 14.9. The van der Waals surface area contributed by atoms with Crippen LogP contribution in [0.1, 0.15) is 46.9 Å². The van der Waals surface area contributed by atoms with Crippen molar-refractivity contribution in [3.05, 3.63) is 126 Å². The molecule has 1 unspecified atom stereocenters. The maximum atomic E-state index is 13.7. The second kappa shape index (κ2) is 13.3. The second-order valence-electron chi connectivity index (χ2n) is 9.79. The van der Waals surface area contributed by atoms with Crippen molar-refractivity contribution in [1.82, 2.24) is 10.6 Å².